The van der Waals surface area contributed by atoms with Gasteiger partial charge < -0.3 is 19.6 Å². The average molecular weight is 479 g/mol. The van der Waals surface area contributed by atoms with E-state index in [1.807, 2.05) is 34.6 Å². The molecule has 1 N–H and O–H groups in total. The molecule has 7 nitrogen and oxygen atoms in total. The van der Waals surface area contributed by atoms with E-state index in [-0.39, 0.29) is 37.0 Å². The number of aliphatic hydroxyl groups excluding tert-OH is 1. The average Bonchev–Trinajstić information content (AvgIpc) is 3.31. The first-order valence-electron chi connectivity index (χ1n) is 11.8. The summed E-state index contributed by atoms with van der Waals surface area (Å²) < 4.78 is 4.24. The molecule has 2 bridgehead atoms. The summed E-state index contributed by atoms with van der Waals surface area (Å²) >= 11 is 1.61. The zero-order valence-corrected chi connectivity index (χ0v) is 21.3. The van der Waals surface area contributed by atoms with E-state index in [0.717, 1.165) is 6.42 Å². The topological polar surface area (TPSA) is 87.1 Å². The molecule has 0 aromatic heterocycles. The van der Waals surface area contributed by atoms with Crippen molar-refractivity contribution >= 4 is 29.5 Å². The van der Waals surface area contributed by atoms with E-state index >= 15 is 0 Å². The summed E-state index contributed by atoms with van der Waals surface area (Å²) in [5.41, 5.74) is 0. The number of aliphatic hydroxyl groups is 1. The summed E-state index contributed by atoms with van der Waals surface area (Å²) in [6.45, 7) is 17.4. The van der Waals surface area contributed by atoms with Gasteiger partial charge >= 0.3 is 5.97 Å². The van der Waals surface area contributed by atoms with E-state index in [2.05, 4.69) is 13.2 Å². The van der Waals surface area contributed by atoms with Crippen LogP contribution < -0.4 is 0 Å². The first-order valence-corrected chi connectivity index (χ1v) is 12.6. The minimum Gasteiger partial charge on any atom is -0.461 e. The molecule has 2 unspecified atom stereocenters. The van der Waals surface area contributed by atoms with Crippen LogP contribution in [0.4, 0.5) is 0 Å². The van der Waals surface area contributed by atoms with Crippen LogP contribution >= 0.6 is 11.8 Å². The van der Waals surface area contributed by atoms with Crippen molar-refractivity contribution < 1.29 is 24.2 Å². The number of thioether (sulfide) groups is 1. The normalized spacial score (nSPS) is 33.4. The highest BCUT2D eigenvalue weighted by Crippen LogP contribution is 2.71. The van der Waals surface area contributed by atoms with Crippen LogP contribution in [0.3, 0.4) is 0 Å². The van der Waals surface area contributed by atoms with Gasteiger partial charge in [0, 0.05) is 17.3 Å². The molecule has 184 valence electrons. The molecule has 0 aromatic rings. The van der Waals surface area contributed by atoms with Crippen molar-refractivity contribution in [2.45, 2.75) is 75.1 Å². The number of hydrogen-bond donors (Lipinski definition) is 1. The number of amides is 2. The lowest BCUT2D eigenvalue weighted by Gasteiger charge is -2.41. The maximum absolute atomic E-state index is 14.1. The highest BCUT2D eigenvalue weighted by Gasteiger charge is 2.78. The molecule has 0 radical (unpaired) electrons. The van der Waals surface area contributed by atoms with Crippen LogP contribution in [0.5, 0.6) is 0 Å². The number of rotatable bonds is 10. The Morgan fingerprint density at radius 3 is 2.45 bits per heavy atom. The van der Waals surface area contributed by atoms with Crippen LogP contribution in [-0.2, 0) is 19.1 Å². The van der Waals surface area contributed by atoms with Gasteiger partial charge in [0.25, 0.3) is 0 Å². The van der Waals surface area contributed by atoms with Gasteiger partial charge in [-0.25, -0.2) is 0 Å². The van der Waals surface area contributed by atoms with Crippen molar-refractivity contribution in [2.24, 2.45) is 17.8 Å². The van der Waals surface area contributed by atoms with Gasteiger partial charge in [0.1, 0.15) is 12.6 Å². The third-order valence-corrected chi connectivity index (χ3v) is 9.58. The van der Waals surface area contributed by atoms with Crippen molar-refractivity contribution in [3.8, 4) is 0 Å². The molecule has 8 heteroatoms. The van der Waals surface area contributed by atoms with Gasteiger partial charge in [0.2, 0.25) is 11.8 Å². The minimum atomic E-state index is -0.749. The molecule has 6 atom stereocenters. The third kappa shape index (κ3) is 3.93. The Morgan fingerprint density at radius 1 is 1.27 bits per heavy atom. The molecule has 0 saturated carbocycles. The lowest BCUT2D eigenvalue weighted by molar-refractivity contribution is -0.155. The zero-order chi connectivity index (χ0) is 24.7. The van der Waals surface area contributed by atoms with Crippen molar-refractivity contribution in [2.75, 3.05) is 19.8 Å². The van der Waals surface area contributed by atoms with Gasteiger partial charge in [-0.15, -0.1) is 18.3 Å². The van der Waals surface area contributed by atoms with Crippen molar-refractivity contribution in [3.63, 3.8) is 0 Å². The minimum absolute atomic E-state index is 0.0552. The van der Waals surface area contributed by atoms with Crippen LogP contribution in [0.15, 0.2) is 25.3 Å². The summed E-state index contributed by atoms with van der Waals surface area (Å²) in [4.78, 5) is 44.7. The van der Waals surface area contributed by atoms with Crippen LogP contribution in [-0.4, -0.2) is 80.1 Å². The van der Waals surface area contributed by atoms with Crippen LogP contribution in [0.1, 0.15) is 47.5 Å². The SMILES string of the molecule is C=CCOC(=O)[C@@H]1[C@H]2C(=O)N([C@@H](CO)C(C)C)C(C(=O)N(CC=C)C(C)C)C23CC[C@@]1(C)S3. The van der Waals surface area contributed by atoms with Gasteiger partial charge in [0.05, 0.1) is 29.2 Å². The Bertz CT molecular complexity index is 830. The van der Waals surface area contributed by atoms with Crippen LogP contribution in [0, 0.1) is 17.8 Å². The summed E-state index contributed by atoms with van der Waals surface area (Å²) in [5, 5.41) is 10.3. The maximum Gasteiger partial charge on any atom is 0.311 e. The van der Waals surface area contributed by atoms with E-state index < -0.39 is 39.4 Å². The van der Waals surface area contributed by atoms with Crippen molar-refractivity contribution in [1.29, 1.82) is 0 Å². The van der Waals surface area contributed by atoms with E-state index in [1.165, 1.54) is 6.08 Å². The molecule has 3 rings (SSSR count). The fourth-order valence-corrected chi connectivity index (χ4v) is 8.39. The zero-order valence-electron chi connectivity index (χ0n) is 20.5. The predicted octanol–water partition coefficient (Wildman–Crippen LogP) is 2.64. The Labute approximate surface area is 201 Å². The Balaban J connectivity index is 2.14. The van der Waals surface area contributed by atoms with E-state index in [9.17, 15) is 19.5 Å². The first kappa shape index (κ1) is 25.8. The monoisotopic (exact) mass is 478 g/mol. The number of hydrogen-bond acceptors (Lipinski definition) is 6. The molecule has 3 aliphatic rings. The second-order valence-electron chi connectivity index (χ2n) is 10.3. The molecule has 2 amide bonds. The Kier molecular flexibility index (Phi) is 7.39. The predicted molar refractivity (Wildman–Crippen MR) is 129 cm³/mol. The van der Waals surface area contributed by atoms with Crippen LogP contribution in [0.25, 0.3) is 0 Å². The van der Waals surface area contributed by atoms with E-state index in [0.29, 0.717) is 13.0 Å². The van der Waals surface area contributed by atoms with Gasteiger partial charge in [-0.1, -0.05) is 32.6 Å². The summed E-state index contributed by atoms with van der Waals surface area (Å²) in [6.07, 6.45) is 4.60. The number of ether oxygens (including phenoxy) is 1. The molecule has 3 fully saturated rings. The molecule has 0 aliphatic carbocycles. The number of esters is 1. The quantitative estimate of drug-likeness (QED) is 0.384. The molecule has 3 heterocycles. The van der Waals surface area contributed by atoms with Gasteiger partial charge in [-0.2, -0.15) is 0 Å². The summed E-state index contributed by atoms with van der Waals surface area (Å²) in [5.74, 6) is -2.12. The highest BCUT2D eigenvalue weighted by atomic mass is 32.2. The highest BCUT2D eigenvalue weighted by molar-refractivity contribution is 8.02. The molecule has 3 aliphatic heterocycles. The van der Waals surface area contributed by atoms with Gasteiger partial charge in [-0.3, -0.25) is 14.4 Å². The number of carbonyl (C=O) groups is 3. The molecule has 1 spiro atoms. The maximum atomic E-state index is 14.1. The number of fused-ring (bicyclic) bond motifs is 1. The van der Waals surface area contributed by atoms with E-state index in [4.69, 9.17) is 4.74 Å². The second-order valence-corrected chi connectivity index (χ2v) is 12.2. The van der Waals surface area contributed by atoms with Gasteiger partial charge in [-0.05, 0) is 39.5 Å². The molecule has 3 saturated heterocycles. The molecular weight excluding hydrogens is 440 g/mol. The lowest BCUT2D eigenvalue weighted by Crippen LogP contribution is -2.59. The molecule has 0 aromatic carbocycles. The Morgan fingerprint density at radius 2 is 1.94 bits per heavy atom. The molecular formula is C25H38N2O5S. The van der Waals surface area contributed by atoms with Crippen molar-refractivity contribution in [1.82, 2.24) is 9.80 Å². The Hall–Kier alpha value is -1.80. The summed E-state index contributed by atoms with van der Waals surface area (Å²) in [7, 11) is 0. The first-order chi connectivity index (χ1) is 15.5. The number of likely N-dealkylation sites (tertiary alicyclic amines) is 1. The smallest absolute Gasteiger partial charge is 0.311 e. The fourth-order valence-electron chi connectivity index (χ4n) is 6.06. The second kappa shape index (κ2) is 9.45. The summed E-state index contributed by atoms with van der Waals surface area (Å²) in [6, 6.07) is -1.34. The lowest BCUT2D eigenvalue weighted by atomic mass is 9.66. The number of nitrogens with zero attached hydrogens (tertiary/aromatic N) is 2. The van der Waals surface area contributed by atoms with Gasteiger partial charge in [0.15, 0.2) is 0 Å². The van der Waals surface area contributed by atoms with Crippen molar-refractivity contribution in [3.05, 3.63) is 25.3 Å². The fraction of sp³-hybridized carbons (Fsp3) is 0.720. The number of carbonyl (C=O) groups excluding carboxylic acids is 3. The molecule has 33 heavy (non-hydrogen) atoms. The van der Waals surface area contributed by atoms with Crippen LogP contribution in [0.2, 0.25) is 0 Å². The standard InChI is InChI=1S/C25H38N2O5S/c1-8-12-26(16(5)6)22(30)20-25-11-10-24(7,33-25)19(23(31)32-13-9-2)18(25)21(29)27(20)17(14-28)15(3)4/h8-9,15-20,28H,1-2,10-14H2,3-7H3/t17-,18-,19-,20?,24+,25?/m0/s1. The third-order valence-electron chi connectivity index (χ3n) is 7.59. The van der Waals surface area contributed by atoms with E-state index in [1.54, 1.807) is 27.6 Å². The largest absolute Gasteiger partial charge is 0.461 e.